The predicted molar refractivity (Wildman–Crippen MR) is 180 cm³/mol. The van der Waals surface area contributed by atoms with Crippen molar-refractivity contribution in [1.29, 1.82) is 0 Å². The summed E-state index contributed by atoms with van der Waals surface area (Å²) in [6.07, 6.45) is 1.51. The lowest BCUT2D eigenvalue weighted by molar-refractivity contribution is -0.118. The molecule has 4 aromatic carbocycles. The molecule has 3 N–H and O–H groups in total. The molecule has 9 nitrogen and oxygen atoms in total. The van der Waals surface area contributed by atoms with Crippen LogP contribution < -0.4 is 25.5 Å². The van der Waals surface area contributed by atoms with E-state index in [2.05, 4.69) is 33.1 Å². The number of benzene rings is 4. The van der Waals surface area contributed by atoms with Crippen molar-refractivity contribution in [1.82, 2.24) is 10.4 Å². The Bertz CT molecular complexity index is 1780. The molecule has 0 bridgehead atoms. The lowest BCUT2D eigenvalue weighted by atomic mass is 10.1. The van der Waals surface area contributed by atoms with Crippen LogP contribution in [0.25, 0.3) is 11.3 Å². The van der Waals surface area contributed by atoms with Gasteiger partial charge in [-0.3, -0.25) is 9.59 Å². The van der Waals surface area contributed by atoms with Crippen LogP contribution in [-0.4, -0.2) is 36.2 Å². The van der Waals surface area contributed by atoms with Crippen molar-refractivity contribution in [2.45, 2.75) is 20.8 Å². The average Bonchev–Trinajstić information content (AvgIpc) is 3.51. The Balaban J connectivity index is 1.14. The van der Waals surface area contributed by atoms with E-state index >= 15 is 0 Å². The zero-order valence-corrected chi connectivity index (χ0v) is 26.0. The Morgan fingerprint density at radius 1 is 0.844 bits per heavy atom. The number of thiazole rings is 1. The van der Waals surface area contributed by atoms with Gasteiger partial charge in [-0.1, -0.05) is 47.5 Å². The van der Waals surface area contributed by atoms with Gasteiger partial charge in [-0.15, -0.1) is 11.3 Å². The highest BCUT2D eigenvalue weighted by atomic mass is 32.1. The van der Waals surface area contributed by atoms with E-state index < -0.39 is 0 Å². The topological polar surface area (TPSA) is 114 Å². The first-order valence-corrected chi connectivity index (χ1v) is 15.2. The summed E-state index contributed by atoms with van der Waals surface area (Å²) in [6, 6.07) is 28.0. The van der Waals surface area contributed by atoms with Crippen LogP contribution in [0.5, 0.6) is 11.5 Å². The van der Waals surface area contributed by atoms with Crippen LogP contribution in [0.4, 0.5) is 16.5 Å². The maximum atomic E-state index is 12.7. The maximum Gasteiger partial charge on any atom is 0.271 e. The molecule has 0 aliphatic rings. The normalized spacial score (nSPS) is 10.8. The van der Waals surface area contributed by atoms with Gasteiger partial charge in [0.15, 0.2) is 23.2 Å². The highest BCUT2D eigenvalue weighted by molar-refractivity contribution is 7.14. The molecule has 228 valence electrons. The van der Waals surface area contributed by atoms with Gasteiger partial charge < -0.3 is 20.1 Å². The first-order chi connectivity index (χ1) is 21.9. The van der Waals surface area contributed by atoms with E-state index in [-0.39, 0.29) is 18.4 Å². The number of anilines is 3. The first-order valence-electron chi connectivity index (χ1n) is 14.4. The van der Waals surface area contributed by atoms with Crippen LogP contribution in [0.2, 0.25) is 0 Å². The number of carbonyl (C=O) groups is 2. The molecular weight excluding hydrogens is 586 g/mol. The van der Waals surface area contributed by atoms with E-state index in [1.165, 1.54) is 23.1 Å². The smallest absolute Gasteiger partial charge is 0.271 e. The third kappa shape index (κ3) is 8.77. The van der Waals surface area contributed by atoms with Gasteiger partial charge in [0.05, 0.1) is 18.5 Å². The molecule has 2 amide bonds. The van der Waals surface area contributed by atoms with Crippen molar-refractivity contribution in [3.8, 4) is 22.8 Å². The van der Waals surface area contributed by atoms with Crippen LogP contribution >= 0.6 is 11.3 Å². The van der Waals surface area contributed by atoms with Gasteiger partial charge in [0.25, 0.3) is 11.8 Å². The van der Waals surface area contributed by atoms with Gasteiger partial charge in [-0.05, 0) is 80.9 Å². The summed E-state index contributed by atoms with van der Waals surface area (Å²) in [4.78, 5) is 29.7. The summed E-state index contributed by atoms with van der Waals surface area (Å²) < 4.78 is 11.4. The minimum Gasteiger partial charge on any atom is -0.490 e. The molecule has 0 aliphatic heterocycles. The number of rotatable bonds is 12. The zero-order chi connectivity index (χ0) is 31.6. The first kappa shape index (κ1) is 31.0. The van der Waals surface area contributed by atoms with E-state index in [4.69, 9.17) is 9.47 Å². The van der Waals surface area contributed by atoms with Gasteiger partial charge in [0.2, 0.25) is 0 Å². The van der Waals surface area contributed by atoms with Crippen molar-refractivity contribution in [2.24, 2.45) is 5.10 Å². The Morgan fingerprint density at radius 2 is 1.53 bits per heavy atom. The van der Waals surface area contributed by atoms with Crippen molar-refractivity contribution in [3.05, 3.63) is 119 Å². The number of hydrogen-bond acceptors (Lipinski definition) is 8. The van der Waals surface area contributed by atoms with Crippen LogP contribution in [0.1, 0.15) is 34.0 Å². The molecule has 5 aromatic rings. The fourth-order valence-corrected chi connectivity index (χ4v) is 4.96. The lowest BCUT2D eigenvalue weighted by Gasteiger charge is -2.12. The average molecular weight is 620 g/mol. The molecule has 1 aromatic heterocycles. The summed E-state index contributed by atoms with van der Waals surface area (Å²) in [5.74, 6) is 0.262. The number of aromatic nitrogens is 1. The Morgan fingerprint density at radius 3 is 2.22 bits per heavy atom. The second kappa shape index (κ2) is 14.8. The van der Waals surface area contributed by atoms with Gasteiger partial charge in [0, 0.05) is 27.9 Å². The molecule has 0 aliphatic carbocycles. The zero-order valence-electron chi connectivity index (χ0n) is 25.2. The fraction of sp³-hybridized carbons (Fsp3) is 0.143. The lowest BCUT2D eigenvalue weighted by Crippen LogP contribution is -2.20. The SMILES string of the molecule is CCOc1cc(/C=N/NC(=O)c2ccc(-c3csc(Nc4ccc(C)cc4)n3)cc2)ccc1OCC(=O)Nc1ccc(C)cc1. The summed E-state index contributed by atoms with van der Waals surface area (Å²) in [6.45, 7) is 6.12. The standard InChI is InChI=1S/C35H33N5O4S/c1-4-43-32-19-25(9-18-31(32)44-21-33(41)37-28-14-5-23(2)6-15-28)20-36-40-34(42)27-12-10-26(11-13-27)30-22-45-35(39-30)38-29-16-7-24(3)8-17-29/h5-20,22H,4,21H2,1-3H3,(H,37,41)(H,38,39)(H,40,42)/b36-20+. The van der Waals surface area contributed by atoms with E-state index in [0.29, 0.717) is 34.9 Å². The molecule has 0 atom stereocenters. The monoisotopic (exact) mass is 619 g/mol. The third-order valence-electron chi connectivity index (χ3n) is 6.59. The third-order valence-corrected chi connectivity index (χ3v) is 7.35. The Hall–Kier alpha value is -5.48. The summed E-state index contributed by atoms with van der Waals surface area (Å²) in [5.41, 5.74) is 9.42. The number of amides is 2. The van der Waals surface area contributed by atoms with Crippen molar-refractivity contribution in [2.75, 3.05) is 23.8 Å². The van der Waals surface area contributed by atoms with E-state index in [1.54, 1.807) is 30.3 Å². The van der Waals surface area contributed by atoms with Crippen LogP contribution in [0.15, 0.2) is 101 Å². The number of nitrogens with zero attached hydrogens (tertiary/aromatic N) is 2. The predicted octanol–water partition coefficient (Wildman–Crippen LogP) is 7.35. The number of aryl methyl sites for hydroxylation is 2. The fourth-order valence-electron chi connectivity index (χ4n) is 4.22. The highest BCUT2D eigenvalue weighted by Crippen LogP contribution is 2.29. The maximum absolute atomic E-state index is 12.7. The summed E-state index contributed by atoms with van der Waals surface area (Å²) >= 11 is 1.52. The summed E-state index contributed by atoms with van der Waals surface area (Å²) in [7, 11) is 0. The van der Waals surface area contributed by atoms with Crippen molar-refractivity contribution >= 4 is 45.9 Å². The molecule has 0 fully saturated rings. The second-order valence-corrected chi connectivity index (χ2v) is 11.0. The summed E-state index contributed by atoms with van der Waals surface area (Å²) in [5, 5.41) is 13.0. The van der Waals surface area contributed by atoms with E-state index in [1.807, 2.05) is 79.9 Å². The molecule has 45 heavy (non-hydrogen) atoms. The molecule has 0 saturated carbocycles. The molecular formula is C35H33N5O4S. The number of carbonyl (C=O) groups excluding carboxylic acids is 2. The largest absolute Gasteiger partial charge is 0.490 e. The van der Waals surface area contributed by atoms with Crippen LogP contribution in [-0.2, 0) is 4.79 Å². The minimum absolute atomic E-state index is 0.176. The van der Waals surface area contributed by atoms with Gasteiger partial charge in [0.1, 0.15) is 0 Å². The molecule has 0 saturated heterocycles. The molecule has 0 spiro atoms. The van der Waals surface area contributed by atoms with Crippen LogP contribution in [0, 0.1) is 13.8 Å². The number of hydrogen-bond donors (Lipinski definition) is 3. The Labute approximate surface area is 266 Å². The number of ether oxygens (including phenoxy) is 2. The Kier molecular flexibility index (Phi) is 10.2. The quantitative estimate of drug-likeness (QED) is 0.0994. The molecule has 10 heteroatoms. The van der Waals surface area contributed by atoms with E-state index in [9.17, 15) is 9.59 Å². The molecule has 0 unspecified atom stereocenters. The van der Waals surface area contributed by atoms with Gasteiger partial charge >= 0.3 is 0 Å². The van der Waals surface area contributed by atoms with E-state index in [0.717, 1.165) is 27.6 Å². The van der Waals surface area contributed by atoms with Gasteiger partial charge in [-0.25, -0.2) is 10.4 Å². The van der Waals surface area contributed by atoms with Gasteiger partial charge in [-0.2, -0.15) is 5.10 Å². The minimum atomic E-state index is -0.345. The van der Waals surface area contributed by atoms with Crippen LogP contribution in [0.3, 0.4) is 0 Å². The van der Waals surface area contributed by atoms with Crippen molar-refractivity contribution < 1.29 is 19.1 Å². The highest BCUT2D eigenvalue weighted by Gasteiger charge is 2.11. The molecule has 5 rings (SSSR count). The van der Waals surface area contributed by atoms with Crippen molar-refractivity contribution in [3.63, 3.8) is 0 Å². The molecule has 0 radical (unpaired) electrons. The second-order valence-electron chi connectivity index (χ2n) is 10.1. The number of nitrogens with one attached hydrogen (secondary N) is 3. The molecule has 1 heterocycles. The number of hydrazone groups is 1.